The quantitative estimate of drug-likeness (QED) is 0.0557. The number of methoxy groups -OCH3 is 2. The predicted octanol–water partition coefficient (Wildman–Crippen LogP) is 10.4. The first-order chi connectivity index (χ1) is 26.2. The van der Waals surface area contributed by atoms with Crippen LogP contribution in [0.2, 0.25) is 18.1 Å². The van der Waals surface area contributed by atoms with Crippen LogP contribution in [-0.2, 0) is 31.5 Å². The Balaban J connectivity index is 1.88. The van der Waals surface area contributed by atoms with Crippen LogP contribution in [0.3, 0.4) is 0 Å². The van der Waals surface area contributed by atoms with Gasteiger partial charge in [0.15, 0.2) is 14.1 Å². The van der Waals surface area contributed by atoms with Gasteiger partial charge in [-0.25, -0.2) is 4.39 Å². The van der Waals surface area contributed by atoms with Gasteiger partial charge in [0.1, 0.15) is 17.3 Å². The van der Waals surface area contributed by atoms with Crippen LogP contribution in [0, 0.1) is 5.82 Å². The number of amides is 1. The molecule has 0 unspecified atom stereocenters. The number of benzene rings is 3. The number of nitrogens with zero attached hydrogens (tertiary/aromatic N) is 1. The third-order valence-electron chi connectivity index (χ3n) is 9.94. The van der Waals surface area contributed by atoms with E-state index in [1.807, 2.05) is 45.1 Å². The normalized spacial score (nSPS) is 12.9. The van der Waals surface area contributed by atoms with Crippen LogP contribution < -0.4 is 10.1 Å². The van der Waals surface area contributed by atoms with E-state index in [-0.39, 0.29) is 53.3 Å². The first-order valence-electron chi connectivity index (χ1n) is 18.3. The van der Waals surface area contributed by atoms with Crippen LogP contribution in [0.1, 0.15) is 80.8 Å². The van der Waals surface area contributed by atoms with Crippen molar-refractivity contribution in [2.24, 2.45) is 0 Å². The molecule has 0 fully saturated rings. The summed E-state index contributed by atoms with van der Waals surface area (Å²) in [5, 5.41) is 2.62. The zero-order valence-electron chi connectivity index (χ0n) is 33.3. The Labute approximate surface area is 327 Å². The first-order valence-corrected chi connectivity index (χ1v) is 21.2. The average Bonchev–Trinajstić information content (AvgIpc) is 3.48. The van der Waals surface area contributed by atoms with Crippen LogP contribution in [0.5, 0.6) is 5.75 Å². The van der Waals surface area contributed by atoms with Crippen molar-refractivity contribution in [1.29, 1.82) is 0 Å². The van der Waals surface area contributed by atoms with E-state index in [9.17, 15) is 31.9 Å². The van der Waals surface area contributed by atoms with Gasteiger partial charge in [-0.1, -0.05) is 69.3 Å². The Hall–Kier alpha value is -5.01. The molecule has 0 aliphatic heterocycles. The zero-order valence-corrected chi connectivity index (χ0v) is 34.3. The highest BCUT2D eigenvalue weighted by Crippen LogP contribution is 2.43. The number of ether oxygens (including phenoxy) is 2. The number of esters is 1. The molecule has 1 aromatic heterocycles. The molecule has 4 rings (SSSR count). The van der Waals surface area contributed by atoms with E-state index in [0.29, 0.717) is 27.9 Å². The van der Waals surface area contributed by atoms with Gasteiger partial charge in [0.05, 0.1) is 38.0 Å². The van der Waals surface area contributed by atoms with Crippen molar-refractivity contribution < 1.29 is 45.8 Å². The van der Waals surface area contributed by atoms with Gasteiger partial charge in [-0.15, -0.1) is 0 Å². The van der Waals surface area contributed by atoms with Crippen LogP contribution in [0.4, 0.5) is 17.6 Å². The molecule has 3 aromatic carbocycles. The van der Waals surface area contributed by atoms with Crippen LogP contribution >= 0.6 is 0 Å². The van der Waals surface area contributed by atoms with Crippen molar-refractivity contribution in [1.82, 2.24) is 9.88 Å². The molecular formula is C43H50F4N2O6Si. The lowest BCUT2D eigenvalue weighted by atomic mass is 9.94. The summed E-state index contributed by atoms with van der Waals surface area (Å²) in [5.74, 6) is -2.25. The van der Waals surface area contributed by atoms with Crippen LogP contribution in [-0.4, -0.2) is 50.9 Å². The Morgan fingerprint density at radius 3 is 2.05 bits per heavy atom. The lowest BCUT2D eigenvalue weighted by molar-refractivity contribution is -0.143. The zero-order chi connectivity index (χ0) is 41.6. The average molecular weight is 795 g/mol. The van der Waals surface area contributed by atoms with E-state index in [2.05, 4.69) is 26.1 Å². The number of ketones is 1. The maximum atomic E-state index is 14.4. The van der Waals surface area contributed by atoms with Crippen molar-refractivity contribution in [2.75, 3.05) is 14.2 Å². The summed E-state index contributed by atoms with van der Waals surface area (Å²) in [6.07, 6.45) is -2.68. The monoisotopic (exact) mass is 794 g/mol. The maximum Gasteiger partial charge on any atom is 0.419 e. The summed E-state index contributed by atoms with van der Waals surface area (Å²) in [5.41, 5.74) is 2.08. The van der Waals surface area contributed by atoms with Gasteiger partial charge in [0.2, 0.25) is 0 Å². The molecule has 8 nitrogen and oxygen atoms in total. The number of allylic oxidation sites excluding steroid dienone is 1. The highest BCUT2D eigenvalue weighted by atomic mass is 28.4. The van der Waals surface area contributed by atoms with Crippen LogP contribution in [0.15, 0.2) is 78.9 Å². The second-order valence-corrected chi connectivity index (χ2v) is 20.1. The van der Waals surface area contributed by atoms with E-state index >= 15 is 0 Å². The number of hydrogen-bond donors (Lipinski definition) is 1. The van der Waals surface area contributed by atoms with Crippen molar-refractivity contribution in [3.63, 3.8) is 0 Å². The minimum absolute atomic E-state index is 0.118. The van der Waals surface area contributed by atoms with Crippen LogP contribution in [0.25, 0.3) is 28.3 Å². The number of hydrogen-bond acceptors (Lipinski definition) is 6. The summed E-state index contributed by atoms with van der Waals surface area (Å²) in [7, 11) is 0.0169. The lowest BCUT2D eigenvalue weighted by Crippen LogP contribution is -2.44. The van der Waals surface area contributed by atoms with Gasteiger partial charge in [-0.3, -0.25) is 14.4 Å². The molecular weight excluding hydrogens is 745 g/mol. The molecule has 0 spiro atoms. The molecule has 1 N–H and O–H groups in total. The van der Waals surface area contributed by atoms with E-state index in [4.69, 9.17) is 13.9 Å². The fourth-order valence-electron chi connectivity index (χ4n) is 6.16. The van der Waals surface area contributed by atoms with Crippen molar-refractivity contribution >= 4 is 32.1 Å². The summed E-state index contributed by atoms with van der Waals surface area (Å²) in [6.45, 7) is 13.7. The fourth-order valence-corrected chi connectivity index (χ4v) is 7.51. The van der Waals surface area contributed by atoms with E-state index < -0.39 is 43.9 Å². The Kier molecular flexibility index (Phi) is 13.9. The maximum absolute atomic E-state index is 14.4. The van der Waals surface area contributed by atoms with Gasteiger partial charge >= 0.3 is 12.1 Å². The summed E-state index contributed by atoms with van der Waals surface area (Å²) >= 11 is 0. The van der Waals surface area contributed by atoms with Gasteiger partial charge in [0, 0.05) is 30.1 Å². The molecule has 13 heteroatoms. The third kappa shape index (κ3) is 10.4. The second-order valence-electron chi connectivity index (χ2n) is 15.3. The number of nitrogens with one attached hydrogen (secondary N) is 1. The number of carbonyl (C=O) groups excluding carboxylic acids is 3. The first kappa shape index (κ1) is 43.7. The standard InChI is InChI=1S/C43H50F4N2O6Si/c1-27(2)49-35(21-20-32(50)24-33(25-37(51)54-7)55-56(8,9)42(3,4)5)38(30-16-18-31(44)19-17-30)39(29-13-11-10-12-14-29)40(49)41(52)48-26-28-15-22-36(53-6)34(23-28)43(45,46)47/h10-23,27,33H,24-26H2,1-9H3,(H,48,52)/t33-/m1/s1. The Morgan fingerprint density at radius 1 is 0.875 bits per heavy atom. The number of aromatic nitrogens is 1. The number of halogens is 4. The van der Waals surface area contributed by atoms with E-state index in [1.54, 1.807) is 34.9 Å². The molecule has 0 aliphatic carbocycles. The molecule has 0 bridgehead atoms. The minimum atomic E-state index is -4.68. The molecule has 1 heterocycles. The number of alkyl halides is 3. The largest absolute Gasteiger partial charge is 0.496 e. The highest BCUT2D eigenvalue weighted by Gasteiger charge is 2.40. The molecule has 1 amide bonds. The molecule has 1 atom stereocenters. The number of rotatable bonds is 15. The molecule has 56 heavy (non-hydrogen) atoms. The molecule has 0 saturated heterocycles. The summed E-state index contributed by atoms with van der Waals surface area (Å²) in [4.78, 5) is 40.6. The van der Waals surface area contributed by atoms with E-state index in [0.717, 1.165) is 13.2 Å². The van der Waals surface area contributed by atoms with Gasteiger partial charge < -0.3 is 23.8 Å². The van der Waals surface area contributed by atoms with Crippen molar-refractivity contribution in [3.8, 4) is 28.0 Å². The molecule has 0 saturated carbocycles. The fraction of sp³-hybridized carbons (Fsp3) is 0.372. The highest BCUT2D eigenvalue weighted by molar-refractivity contribution is 6.74. The predicted molar refractivity (Wildman–Crippen MR) is 212 cm³/mol. The van der Waals surface area contributed by atoms with E-state index in [1.165, 1.54) is 37.5 Å². The second kappa shape index (κ2) is 17.8. The number of carbonyl (C=O) groups is 3. The Bertz CT molecular complexity index is 2050. The molecule has 0 aliphatic rings. The molecule has 300 valence electrons. The third-order valence-corrected chi connectivity index (χ3v) is 14.5. The van der Waals surface area contributed by atoms with Crippen molar-refractivity contribution in [3.05, 3.63) is 107 Å². The van der Waals surface area contributed by atoms with Gasteiger partial charge in [0.25, 0.3) is 5.91 Å². The molecule has 0 radical (unpaired) electrons. The summed E-state index contributed by atoms with van der Waals surface area (Å²) < 4.78 is 73.9. The summed E-state index contributed by atoms with van der Waals surface area (Å²) in [6, 6.07) is 18.0. The van der Waals surface area contributed by atoms with Gasteiger partial charge in [-0.2, -0.15) is 13.2 Å². The smallest absolute Gasteiger partial charge is 0.419 e. The lowest BCUT2D eigenvalue weighted by Gasteiger charge is -2.39. The minimum Gasteiger partial charge on any atom is -0.496 e. The SMILES string of the molecule is COC(=O)C[C@@H](CC(=O)C=Cc1c(-c2ccc(F)cc2)c(-c2ccccc2)c(C(=O)NCc2ccc(OC)c(C(F)(F)F)c2)n1C(C)C)O[Si](C)(C)C(C)(C)C. The molecule has 4 aromatic rings. The topological polar surface area (TPSA) is 95.9 Å². The van der Waals surface area contributed by atoms with Gasteiger partial charge in [-0.05, 0) is 85.1 Å². The Morgan fingerprint density at radius 2 is 1.50 bits per heavy atom. The van der Waals surface area contributed by atoms with Crippen molar-refractivity contribution in [2.45, 2.75) is 90.5 Å².